The number of rotatable bonds is 10. The Morgan fingerprint density at radius 1 is 0.967 bits per heavy atom. The monoisotopic (exact) mass is 411 g/mol. The van der Waals surface area contributed by atoms with E-state index in [-0.39, 0.29) is 25.6 Å². The second kappa shape index (κ2) is 10.3. The van der Waals surface area contributed by atoms with Gasteiger partial charge in [-0.05, 0) is 34.6 Å². The summed E-state index contributed by atoms with van der Waals surface area (Å²) in [6.07, 6.45) is 0.376. The Kier molecular flexibility index (Phi) is 7.46. The number of nitrogens with one attached hydrogen (secondary N) is 1. The SMILES string of the molecule is CC(C)CCOCC[C@H](NC(=O)OCC1c2ccccc2-c2ccccc21)C(=O)O. The molecule has 3 rings (SSSR count). The zero-order chi connectivity index (χ0) is 21.5. The van der Waals surface area contributed by atoms with E-state index in [1.807, 2.05) is 36.4 Å². The fourth-order valence-electron chi connectivity index (χ4n) is 3.66. The number of alkyl carbamates (subject to hydrolysis) is 1. The fourth-order valence-corrected chi connectivity index (χ4v) is 3.66. The average Bonchev–Trinajstić information content (AvgIpc) is 3.04. The van der Waals surface area contributed by atoms with E-state index in [0.717, 1.165) is 28.7 Å². The summed E-state index contributed by atoms with van der Waals surface area (Å²) in [7, 11) is 0. The minimum Gasteiger partial charge on any atom is -0.480 e. The average molecular weight is 411 g/mol. The second-order valence-electron chi connectivity index (χ2n) is 7.94. The molecule has 0 aromatic heterocycles. The lowest BCUT2D eigenvalue weighted by atomic mass is 9.98. The highest BCUT2D eigenvalue weighted by Crippen LogP contribution is 2.44. The molecule has 6 nitrogen and oxygen atoms in total. The molecule has 30 heavy (non-hydrogen) atoms. The van der Waals surface area contributed by atoms with Gasteiger partial charge in [-0.15, -0.1) is 0 Å². The van der Waals surface area contributed by atoms with Crippen LogP contribution in [-0.2, 0) is 14.3 Å². The summed E-state index contributed by atoms with van der Waals surface area (Å²) in [6, 6.07) is 15.1. The van der Waals surface area contributed by atoms with Gasteiger partial charge in [0.2, 0.25) is 0 Å². The van der Waals surface area contributed by atoms with Crippen LogP contribution in [0.25, 0.3) is 11.1 Å². The van der Waals surface area contributed by atoms with E-state index in [4.69, 9.17) is 9.47 Å². The van der Waals surface area contributed by atoms with Crippen LogP contribution < -0.4 is 5.32 Å². The first-order valence-corrected chi connectivity index (χ1v) is 10.4. The molecule has 2 aromatic rings. The summed E-state index contributed by atoms with van der Waals surface area (Å²) < 4.78 is 10.9. The van der Waals surface area contributed by atoms with Gasteiger partial charge in [0, 0.05) is 25.6 Å². The van der Waals surface area contributed by atoms with Crippen molar-refractivity contribution < 1.29 is 24.2 Å². The molecule has 0 saturated heterocycles. The van der Waals surface area contributed by atoms with Gasteiger partial charge in [0.15, 0.2) is 0 Å². The van der Waals surface area contributed by atoms with Gasteiger partial charge in [-0.2, -0.15) is 0 Å². The number of hydrogen-bond acceptors (Lipinski definition) is 4. The first kappa shape index (κ1) is 21.8. The zero-order valence-corrected chi connectivity index (χ0v) is 17.5. The normalized spacial score (nSPS) is 13.6. The fraction of sp³-hybridized carbons (Fsp3) is 0.417. The molecule has 2 N–H and O–H groups in total. The van der Waals surface area contributed by atoms with Gasteiger partial charge in [0.1, 0.15) is 12.6 Å². The van der Waals surface area contributed by atoms with Crippen LogP contribution >= 0.6 is 0 Å². The van der Waals surface area contributed by atoms with Gasteiger partial charge in [0.05, 0.1) is 0 Å². The van der Waals surface area contributed by atoms with E-state index in [1.165, 1.54) is 0 Å². The van der Waals surface area contributed by atoms with Gasteiger partial charge in [-0.3, -0.25) is 0 Å². The first-order valence-electron chi connectivity index (χ1n) is 10.4. The number of hydrogen-bond donors (Lipinski definition) is 2. The number of carboxylic acid groups (broad SMARTS) is 1. The lowest BCUT2D eigenvalue weighted by Crippen LogP contribution is -2.42. The summed E-state index contributed by atoms with van der Waals surface area (Å²) >= 11 is 0. The maximum atomic E-state index is 12.3. The Labute approximate surface area is 177 Å². The Morgan fingerprint density at radius 3 is 2.10 bits per heavy atom. The second-order valence-corrected chi connectivity index (χ2v) is 7.94. The Bertz CT molecular complexity index is 834. The maximum absolute atomic E-state index is 12.3. The van der Waals surface area contributed by atoms with Gasteiger partial charge in [-0.25, -0.2) is 9.59 Å². The molecule has 6 heteroatoms. The Morgan fingerprint density at radius 2 is 1.53 bits per heavy atom. The quantitative estimate of drug-likeness (QED) is 0.565. The minimum absolute atomic E-state index is 0.0641. The molecule has 0 bridgehead atoms. The van der Waals surface area contributed by atoms with Crippen molar-refractivity contribution >= 4 is 12.1 Å². The number of fused-ring (bicyclic) bond motifs is 3. The number of benzene rings is 2. The highest BCUT2D eigenvalue weighted by atomic mass is 16.5. The summed E-state index contributed by atoms with van der Waals surface area (Å²) in [4.78, 5) is 23.7. The Balaban J connectivity index is 1.54. The van der Waals surface area contributed by atoms with E-state index < -0.39 is 18.1 Å². The molecule has 1 atom stereocenters. The molecule has 160 valence electrons. The smallest absolute Gasteiger partial charge is 0.407 e. The van der Waals surface area contributed by atoms with Crippen LogP contribution in [0.1, 0.15) is 43.7 Å². The van der Waals surface area contributed by atoms with Crippen molar-refractivity contribution in [1.82, 2.24) is 5.32 Å². The van der Waals surface area contributed by atoms with Gasteiger partial charge < -0.3 is 19.9 Å². The lowest BCUT2D eigenvalue weighted by molar-refractivity contribution is -0.139. The molecular formula is C24H29NO5. The van der Waals surface area contributed by atoms with Crippen LogP contribution in [0.4, 0.5) is 4.79 Å². The predicted molar refractivity (Wildman–Crippen MR) is 115 cm³/mol. The third-order valence-corrected chi connectivity index (χ3v) is 5.32. The molecule has 1 aliphatic rings. The van der Waals surface area contributed by atoms with Crippen LogP contribution in [0, 0.1) is 5.92 Å². The number of carboxylic acids is 1. The molecule has 1 aliphatic carbocycles. The van der Waals surface area contributed by atoms with Crippen molar-refractivity contribution in [2.24, 2.45) is 5.92 Å². The number of ether oxygens (including phenoxy) is 2. The van der Waals surface area contributed by atoms with E-state index >= 15 is 0 Å². The van der Waals surface area contributed by atoms with Crippen LogP contribution in [0.3, 0.4) is 0 Å². The lowest BCUT2D eigenvalue weighted by Gasteiger charge is -2.17. The number of carbonyl (C=O) groups excluding carboxylic acids is 1. The van der Waals surface area contributed by atoms with Crippen molar-refractivity contribution in [2.75, 3.05) is 19.8 Å². The van der Waals surface area contributed by atoms with Crippen LogP contribution in [-0.4, -0.2) is 43.0 Å². The predicted octanol–water partition coefficient (Wildman–Crippen LogP) is 4.43. The summed E-state index contributed by atoms with van der Waals surface area (Å²) in [5, 5.41) is 11.8. The molecule has 0 radical (unpaired) electrons. The summed E-state index contributed by atoms with van der Waals surface area (Å²) in [6.45, 7) is 5.20. The van der Waals surface area contributed by atoms with Crippen molar-refractivity contribution in [3.8, 4) is 11.1 Å². The summed E-state index contributed by atoms with van der Waals surface area (Å²) in [5.41, 5.74) is 4.51. The third-order valence-electron chi connectivity index (χ3n) is 5.32. The van der Waals surface area contributed by atoms with Crippen molar-refractivity contribution in [1.29, 1.82) is 0 Å². The standard InChI is InChI=1S/C24H29NO5/c1-16(2)11-13-29-14-12-22(23(26)27)25-24(28)30-15-21-19-9-5-3-7-17(19)18-8-4-6-10-20(18)21/h3-10,16,21-22H,11-15H2,1-2H3,(H,25,28)(H,26,27)/t22-/m0/s1. The summed E-state index contributed by atoms with van der Waals surface area (Å²) in [5.74, 6) is -0.638. The van der Waals surface area contributed by atoms with Gasteiger partial charge in [-0.1, -0.05) is 62.4 Å². The van der Waals surface area contributed by atoms with E-state index in [0.29, 0.717) is 12.5 Å². The molecule has 0 spiro atoms. The third kappa shape index (κ3) is 5.39. The van der Waals surface area contributed by atoms with Crippen molar-refractivity contribution in [3.63, 3.8) is 0 Å². The molecule has 0 saturated carbocycles. The molecule has 0 heterocycles. The number of aliphatic carboxylic acids is 1. The maximum Gasteiger partial charge on any atom is 0.407 e. The van der Waals surface area contributed by atoms with Crippen LogP contribution in [0.5, 0.6) is 0 Å². The molecule has 0 fully saturated rings. The first-order chi connectivity index (χ1) is 14.5. The van der Waals surface area contributed by atoms with Crippen LogP contribution in [0.2, 0.25) is 0 Å². The number of amides is 1. The van der Waals surface area contributed by atoms with E-state index in [9.17, 15) is 14.7 Å². The topological polar surface area (TPSA) is 84.9 Å². The molecule has 0 aliphatic heterocycles. The van der Waals surface area contributed by atoms with Crippen LogP contribution in [0.15, 0.2) is 48.5 Å². The highest BCUT2D eigenvalue weighted by molar-refractivity contribution is 5.81. The van der Waals surface area contributed by atoms with E-state index in [2.05, 4.69) is 31.3 Å². The molecule has 1 amide bonds. The van der Waals surface area contributed by atoms with Gasteiger partial charge >= 0.3 is 12.1 Å². The van der Waals surface area contributed by atoms with Crippen molar-refractivity contribution in [3.05, 3.63) is 59.7 Å². The van der Waals surface area contributed by atoms with E-state index in [1.54, 1.807) is 0 Å². The van der Waals surface area contributed by atoms with Crippen molar-refractivity contribution in [2.45, 2.75) is 38.6 Å². The molecule has 2 aromatic carbocycles. The minimum atomic E-state index is -1.10. The zero-order valence-electron chi connectivity index (χ0n) is 17.5. The largest absolute Gasteiger partial charge is 0.480 e. The number of carbonyl (C=O) groups is 2. The Hall–Kier alpha value is -2.86. The van der Waals surface area contributed by atoms with Gasteiger partial charge in [0.25, 0.3) is 0 Å². The molecule has 0 unspecified atom stereocenters. The molecular weight excluding hydrogens is 382 g/mol. The highest BCUT2D eigenvalue weighted by Gasteiger charge is 2.29.